The Balaban J connectivity index is 0.000000695. The molecule has 0 heterocycles. The number of hydrogen-bond donors (Lipinski definition) is 0. The zero-order chi connectivity index (χ0) is 15.4. The van der Waals surface area contributed by atoms with Crippen molar-refractivity contribution in [2.75, 3.05) is 0 Å². The van der Waals surface area contributed by atoms with Crippen LogP contribution in [0.25, 0.3) is 0 Å². The Labute approximate surface area is 162 Å². The summed E-state index contributed by atoms with van der Waals surface area (Å²) in [5, 5.41) is 0. The standard InChI is InChI=1S/C20H26.C2H6.CH3.Li/c1-3-7-19-15(5-1)9-11-17(19)13-14-18-12-10-16-6-2-4-8-20(16)18;1-2;;/h1-8,15-20H,9-14H2;1-2H3;1H3;/q;;-1;+1. The molecule has 0 saturated heterocycles. The van der Waals surface area contributed by atoms with E-state index in [1.807, 2.05) is 13.8 Å². The SMILES string of the molecule is C1=CC2CCC(CCC3CCC4C=CC=CC43)C2C=C1.CC.[CH3-].[Li+]. The van der Waals surface area contributed by atoms with Crippen LogP contribution in [-0.4, -0.2) is 0 Å². The van der Waals surface area contributed by atoms with Gasteiger partial charge in [-0.05, 0) is 74.0 Å². The second kappa shape index (κ2) is 10.5. The van der Waals surface area contributed by atoms with Crippen LogP contribution in [0.15, 0.2) is 48.6 Å². The van der Waals surface area contributed by atoms with Gasteiger partial charge in [-0.1, -0.05) is 62.5 Å². The van der Waals surface area contributed by atoms with Crippen molar-refractivity contribution in [3.8, 4) is 0 Å². The minimum Gasteiger partial charge on any atom is -0.358 e. The van der Waals surface area contributed by atoms with Gasteiger partial charge in [0.05, 0.1) is 0 Å². The molecule has 24 heavy (non-hydrogen) atoms. The van der Waals surface area contributed by atoms with Gasteiger partial charge in [-0.2, -0.15) is 0 Å². The second-order valence-electron chi connectivity index (χ2n) is 7.27. The van der Waals surface area contributed by atoms with Gasteiger partial charge in [0.25, 0.3) is 0 Å². The third-order valence-electron chi connectivity index (χ3n) is 6.33. The van der Waals surface area contributed by atoms with Crippen LogP contribution < -0.4 is 18.9 Å². The van der Waals surface area contributed by atoms with E-state index in [4.69, 9.17) is 0 Å². The van der Waals surface area contributed by atoms with Crippen LogP contribution in [0.3, 0.4) is 0 Å². The minimum atomic E-state index is 0. The molecule has 0 radical (unpaired) electrons. The van der Waals surface area contributed by atoms with Crippen LogP contribution in [0.2, 0.25) is 0 Å². The molecule has 0 nitrogen and oxygen atoms in total. The number of allylic oxidation sites excluding steroid dienone is 8. The average molecular weight is 318 g/mol. The summed E-state index contributed by atoms with van der Waals surface area (Å²) in [7, 11) is 0. The van der Waals surface area contributed by atoms with Gasteiger partial charge in [0.15, 0.2) is 0 Å². The normalized spacial score (nSPS) is 37.6. The first-order chi connectivity index (χ1) is 10.9. The van der Waals surface area contributed by atoms with Crippen molar-refractivity contribution in [1.82, 2.24) is 0 Å². The first-order valence-corrected chi connectivity index (χ1v) is 9.62. The van der Waals surface area contributed by atoms with Gasteiger partial charge in [-0.3, -0.25) is 0 Å². The monoisotopic (exact) mass is 318 g/mol. The number of fused-ring (bicyclic) bond motifs is 2. The quantitative estimate of drug-likeness (QED) is 0.549. The molecule has 0 spiro atoms. The Bertz CT molecular complexity index is 426. The van der Waals surface area contributed by atoms with E-state index in [1.165, 1.54) is 38.5 Å². The number of rotatable bonds is 3. The van der Waals surface area contributed by atoms with Crippen molar-refractivity contribution in [2.45, 2.75) is 52.4 Å². The Morgan fingerprint density at radius 3 is 1.42 bits per heavy atom. The van der Waals surface area contributed by atoms with Crippen LogP contribution >= 0.6 is 0 Å². The van der Waals surface area contributed by atoms with Crippen molar-refractivity contribution in [3.63, 3.8) is 0 Å². The maximum Gasteiger partial charge on any atom is 1.00 e. The van der Waals surface area contributed by atoms with Crippen molar-refractivity contribution < 1.29 is 18.9 Å². The van der Waals surface area contributed by atoms with E-state index in [0.29, 0.717) is 0 Å². The summed E-state index contributed by atoms with van der Waals surface area (Å²) in [5.74, 6) is 5.36. The smallest absolute Gasteiger partial charge is 0.358 e. The third kappa shape index (κ3) is 4.59. The van der Waals surface area contributed by atoms with Gasteiger partial charge in [0.2, 0.25) is 0 Å². The molecule has 4 aliphatic rings. The van der Waals surface area contributed by atoms with E-state index in [-0.39, 0.29) is 26.3 Å². The summed E-state index contributed by atoms with van der Waals surface area (Å²) in [5.41, 5.74) is 0. The van der Waals surface area contributed by atoms with Gasteiger partial charge in [-0.15, -0.1) is 0 Å². The molecule has 2 saturated carbocycles. The predicted octanol–water partition coefficient (Wildman–Crippen LogP) is 3.78. The molecule has 0 bridgehead atoms. The van der Waals surface area contributed by atoms with Gasteiger partial charge in [-0.25, -0.2) is 0 Å². The van der Waals surface area contributed by atoms with Crippen LogP contribution in [-0.2, 0) is 0 Å². The Hall–Kier alpha value is -0.443. The zero-order valence-electron chi connectivity index (χ0n) is 16.3. The molecule has 128 valence electrons. The molecule has 2 fully saturated rings. The van der Waals surface area contributed by atoms with E-state index < -0.39 is 0 Å². The van der Waals surface area contributed by atoms with Crippen LogP contribution in [0.5, 0.6) is 0 Å². The van der Waals surface area contributed by atoms with Crippen molar-refractivity contribution >= 4 is 0 Å². The predicted molar refractivity (Wildman–Crippen MR) is 103 cm³/mol. The van der Waals surface area contributed by atoms with E-state index in [0.717, 1.165) is 35.5 Å². The molecule has 6 unspecified atom stereocenters. The van der Waals surface area contributed by atoms with Gasteiger partial charge in [0.1, 0.15) is 0 Å². The molecule has 0 aliphatic heterocycles. The fourth-order valence-corrected chi connectivity index (χ4v) is 5.23. The van der Waals surface area contributed by atoms with E-state index in [1.54, 1.807) is 0 Å². The molecule has 0 aromatic rings. The topological polar surface area (TPSA) is 0 Å². The van der Waals surface area contributed by atoms with Crippen molar-refractivity contribution in [3.05, 3.63) is 56.0 Å². The Kier molecular flexibility index (Phi) is 9.47. The molecular formula is C23H35Li. The Morgan fingerprint density at radius 1 is 0.625 bits per heavy atom. The summed E-state index contributed by atoms with van der Waals surface area (Å²) in [4.78, 5) is 0. The van der Waals surface area contributed by atoms with E-state index >= 15 is 0 Å². The summed E-state index contributed by atoms with van der Waals surface area (Å²) in [6.45, 7) is 4.00. The molecule has 0 N–H and O–H groups in total. The minimum absolute atomic E-state index is 0. The molecule has 6 atom stereocenters. The fourth-order valence-electron chi connectivity index (χ4n) is 5.23. The van der Waals surface area contributed by atoms with E-state index in [9.17, 15) is 0 Å². The molecule has 1 heteroatoms. The maximum absolute atomic E-state index is 2.49. The average Bonchev–Trinajstić information content (AvgIpc) is 3.19. The zero-order valence-corrected chi connectivity index (χ0v) is 16.3. The van der Waals surface area contributed by atoms with Crippen molar-refractivity contribution in [1.29, 1.82) is 0 Å². The summed E-state index contributed by atoms with van der Waals surface area (Å²) < 4.78 is 0. The first kappa shape index (κ1) is 21.6. The molecule has 0 aromatic heterocycles. The van der Waals surface area contributed by atoms with Gasteiger partial charge in [0, 0.05) is 0 Å². The summed E-state index contributed by atoms with van der Waals surface area (Å²) in [6.07, 6.45) is 27.6. The van der Waals surface area contributed by atoms with Crippen LogP contribution in [0, 0.1) is 42.9 Å². The fraction of sp³-hybridized carbons (Fsp3) is 0.609. The van der Waals surface area contributed by atoms with Crippen molar-refractivity contribution in [2.24, 2.45) is 35.5 Å². The molecule has 0 aromatic carbocycles. The first-order valence-electron chi connectivity index (χ1n) is 9.62. The maximum atomic E-state index is 2.49. The number of hydrogen-bond acceptors (Lipinski definition) is 0. The molecule has 0 amide bonds. The second-order valence-corrected chi connectivity index (χ2v) is 7.27. The summed E-state index contributed by atoms with van der Waals surface area (Å²) >= 11 is 0. The van der Waals surface area contributed by atoms with Gasteiger partial charge < -0.3 is 7.43 Å². The third-order valence-corrected chi connectivity index (χ3v) is 6.33. The summed E-state index contributed by atoms with van der Waals surface area (Å²) in [6, 6.07) is 0. The van der Waals surface area contributed by atoms with Gasteiger partial charge >= 0.3 is 18.9 Å². The van der Waals surface area contributed by atoms with Crippen LogP contribution in [0.1, 0.15) is 52.4 Å². The van der Waals surface area contributed by atoms with E-state index in [2.05, 4.69) is 48.6 Å². The van der Waals surface area contributed by atoms with Crippen LogP contribution in [0.4, 0.5) is 0 Å². The Morgan fingerprint density at radius 2 is 1.00 bits per heavy atom. The molecule has 4 aliphatic carbocycles. The molecule has 4 rings (SSSR count). The largest absolute Gasteiger partial charge is 1.00 e. The molecular weight excluding hydrogens is 283 g/mol.